The number of carbonyl (C=O) groups is 2. The van der Waals surface area contributed by atoms with Crippen LogP contribution in [-0.4, -0.2) is 43.6 Å². The number of hydrogen-bond acceptors (Lipinski definition) is 5. The quantitative estimate of drug-likeness (QED) is 0.0710. The standard InChI is InChI=1S/C36H40ClNO3S.C8H7IO2/c1-35(2,41)21-8-22-42-33(20-16-26-10-5-6-12-31(26)36(3,4)34(39)40)28-11-7-9-25(23-28)13-18-30-19-15-27-14-17-29(37)24-32(27)38-30;9-7-4-2-1-3-6(7)5-8(10)11/h5-7,9-15,17-19,23-24,33,41H,8,16,20-22H2,1-4H3,(H,39,40);1-4H,5H2,(H,10,11)/t33-;/m0./s1. The molecule has 5 rings (SSSR count). The van der Waals surface area contributed by atoms with Gasteiger partial charge in [-0.2, -0.15) is 11.8 Å². The summed E-state index contributed by atoms with van der Waals surface area (Å²) in [6.07, 6.45) is 7.54. The molecule has 1 atom stereocenters. The van der Waals surface area contributed by atoms with Gasteiger partial charge in [0.15, 0.2) is 0 Å². The van der Waals surface area contributed by atoms with Crippen molar-refractivity contribution >= 4 is 80.9 Å². The van der Waals surface area contributed by atoms with Crippen molar-refractivity contribution in [2.75, 3.05) is 5.75 Å². The summed E-state index contributed by atoms with van der Waals surface area (Å²) in [5.74, 6) is -0.675. The molecule has 9 heteroatoms. The summed E-state index contributed by atoms with van der Waals surface area (Å²) in [7, 11) is 0. The molecule has 6 nitrogen and oxygen atoms in total. The molecule has 1 heterocycles. The van der Waals surface area contributed by atoms with Crippen LogP contribution in [-0.2, 0) is 27.8 Å². The van der Waals surface area contributed by atoms with Crippen LogP contribution in [0.25, 0.3) is 23.1 Å². The van der Waals surface area contributed by atoms with E-state index in [2.05, 4.69) is 65.1 Å². The number of nitrogens with zero attached hydrogens (tertiary/aromatic N) is 1. The summed E-state index contributed by atoms with van der Waals surface area (Å²) in [6, 6.07) is 33.8. The fourth-order valence-electron chi connectivity index (χ4n) is 5.87. The largest absolute Gasteiger partial charge is 0.481 e. The zero-order chi connectivity index (χ0) is 38.6. The summed E-state index contributed by atoms with van der Waals surface area (Å²) in [4.78, 5) is 27.1. The predicted octanol–water partition coefficient (Wildman–Crippen LogP) is 11.3. The highest BCUT2D eigenvalue weighted by atomic mass is 127. The minimum atomic E-state index is -0.960. The SMILES string of the molecule is CC(C)(O)CCCS[C@@H](CCc1ccccc1C(C)(C)C(=O)O)c1cccc(C=Cc2ccc3ccc(Cl)cc3n2)c1.O=C(O)Cc1ccccc1I. The second kappa shape index (κ2) is 19.6. The minimum absolute atomic E-state index is 0.110. The van der Waals surface area contributed by atoms with Gasteiger partial charge in [-0.25, -0.2) is 4.98 Å². The Labute approximate surface area is 335 Å². The van der Waals surface area contributed by atoms with Gasteiger partial charge >= 0.3 is 11.9 Å². The van der Waals surface area contributed by atoms with Crippen LogP contribution < -0.4 is 0 Å². The van der Waals surface area contributed by atoms with Crippen molar-refractivity contribution in [3.63, 3.8) is 0 Å². The third-order valence-electron chi connectivity index (χ3n) is 8.86. The lowest BCUT2D eigenvalue weighted by atomic mass is 9.80. The summed E-state index contributed by atoms with van der Waals surface area (Å²) < 4.78 is 1.01. The van der Waals surface area contributed by atoms with E-state index in [1.807, 2.05) is 98.4 Å². The van der Waals surface area contributed by atoms with Gasteiger partial charge in [0.2, 0.25) is 0 Å². The number of thioether (sulfide) groups is 1. The van der Waals surface area contributed by atoms with Gasteiger partial charge in [-0.15, -0.1) is 0 Å². The Morgan fingerprint density at radius 2 is 1.57 bits per heavy atom. The number of aliphatic hydroxyl groups is 1. The summed E-state index contributed by atoms with van der Waals surface area (Å²) >= 11 is 10.2. The lowest BCUT2D eigenvalue weighted by Gasteiger charge is -2.25. The third-order valence-corrected chi connectivity index (χ3v) is 11.6. The molecule has 0 spiro atoms. The topological polar surface area (TPSA) is 108 Å². The van der Waals surface area contributed by atoms with E-state index in [0.29, 0.717) is 5.02 Å². The van der Waals surface area contributed by atoms with E-state index in [0.717, 1.165) is 73.9 Å². The summed E-state index contributed by atoms with van der Waals surface area (Å²) in [6.45, 7) is 7.24. The lowest BCUT2D eigenvalue weighted by molar-refractivity contribution is -0.142. The van der Waals surface area contributed by atoms with E-state index < -0.39 is 23.0 Å². The number of benzene rings is 4. The Morgan fingerprint density at radius 3 is 2.26 bits per heavy atom. The zero-order valence-corrected chi connectivity index (χ0v) is 34.3. The van der Waals surface area contributed by atoms with E-state index in [1.54, 1.807) is 13.8 Å². The van der Waals surface area contributed by atoms with Crippen molar-refractivity contribution in [1.29, 1.82) is 0 Å². The number of aliphatic carboxylic acids is 2. The number of carboxylic acid groups (broad SMARTS) is 2. The molecule has 0 aliphatic rings. The molecule has 0 radical (unpaired) electrons. The van der Waals surface area contributed by atoms with Gasteiger partial charge < -0.3 is 15.3 Å². The molecule has 278 valence electrons. The first-order valence-electron chi connectivity index (χ1n) is 17.6. The predicted molar refractivity (Wildman–Crippen MR) is 229 cm³/mol. The molecule has 0 saturated heterocycles. The number of rotatable bonds is 15. The fraction of sp³-hybridized carbons (Fsp3) is 0.295. The van der Waals surface area contributed by atoms with Crippen LogP contribution in [0.4, 0.5) is 0 Å². The van der Waals surface area contributed by atoms with E-state index in [9.17, 15) is 19.8 Å². The molecule has 0 saturated carbocycles. The van der Waals surface area contributed by atoms with Gasteiger partial charge in [-0.1, -0.05) is 96.5 Å². The summed E-state index contributed by atoms with van der Waals surface area (Å²) in [5.41, 5.74) is 5.24. The average Bonchev–Trinajstić information content (AvgIpc) is 3.11. The second-order valence-corrected chi connectivity index (χ2v) is 17.0. The molecule has 5 aromatic rings. The molecule has 3 N–H and O–H groups in total. The average molecular weight is 864 g/mol. The Bertz CT molecular complexity index is 2040. The molecule has 0 aliphatic heterocycles. The minimum Gasteiger partial charge on any atom is -0.481 e. The lowest BCUT2D eigenvalue weighted by Crippen LogP contribution is -2.29. The van der Waals surface area contributed by atoms with Crippen LogP contribution in [0.5, 0.6) is 0 Å². The maximum absolute atomic E-state index is 12.0. The second-order valence-electron chi connectivity index (χ2n) is 14.1. The van der Waals surface area contributed by atoms with E-state index >= 15 is 0 Å². The highest BCUT2D eigenvalue weighted by Crippen LogP contribution is 2.37. The number of halogens is 2. The molecular weight excluding hydrogens is 817 g/mol. The van der Waals surface area contributed by atoms with E-state index in [1.165, 1.54) is 5.56 Å². The highest BCUT2D eigenvalue weighted by molar-refractivity contribution is 14.1. The first-order chi connectivity index (χ1) is 25.1. The van der Waals surface area contributed by atoms with Gasteiger partial charge in [0.25, 0.3) is 0 Å². The van der Waals surface area contributed by atoms with Crippen molar-refractivity contribution < 1.29 is 24.9 Å². The van der Waals surface area contributed by atoms with Gasteiger partial charge in [-0.3, -0.25) is 9.59 Å². The van der Waals surface area contributed by atoms with Crippen LogP contribution in [0, 0.1) is 3.57 Å². The maximum Gasteiger partial charge on any atom is 0.313 e. The Hall–Kier alpha value is -3.70. The monoisotopic (exact) mass is 863 g/mol. The van der Waals surface area contributed by atoms with Crippen LogP contribution in [0.2, 0.25) is 5.02 Å². The molecule has 0 aliphatic carbocycles. The number of fused-ring (bicyclic) bond motifs is 1. The van der Waals surface area contributed by atoms with Crippen molar-refractivity contribution in [2.45, 2.75) is 76.1 Å². The van der Waals surface area contributed by atoms with Gasteiger partial charge in [0.1, 0.15) is 0 Å². The number of aryl methyl sites for hydroxylation is 1. The molecule has 0 unspecified atom stereocenters. The summed E-state index contributed by atoms with van der Waals surface area (Å²) in [5, 5.41) is 30.5. The van der Waals surface area contributed by atoms with Crippen molar-refractivity contribution in [2.24, 2.45) is 0 Å². The molecule has 1 aromatic heterocycles. The fourth-order valence-corrected chi connectivity index (χ4v) is 7.84. The Balaban J connectivity index is 0.000000488. The Morgan fingerprint density at radius 1 is 0.868 bits per heavy atom. The number of pyridine rings is 1. The molecule has 53 heavy (non-hydrogen) atoms. The highest BCUT2D eigenvalue weighted by Gasteiger charge is 2.31. The zero-order valence-electron chi connectivity index (χ0n) is 30.6. The number of carboxylic acids is 2. The smallest absolute Gasteiger partial charge is 0.313 e. The van der Waals surface area contributed by atoms with Crippen LogP contribution >= 0.6 is 46.0 Å². The van der Waals surface area contributed by atoms with E-state index in [4.69, 9.17) is 21.7 Å². The third kappa shape index (κ3) is 13.3. The maximum atomic E-state index is 12.0. The van der Waals surface area contributed by atoms with Crippen LogP contribution in [0.3, 0.4) is 0 Å². The molecular formula is C44H47ClINO5S. The molecule has 0 bridgehead atoms. The van der Waals surface area contributed by atoms with Gasteiger partial charge in [-0.05, 0) is 140 Å². The van der Waals surface area contributed by atoms with E-state index in [-0.39, 0.29) is 11.7 Å². The van der Waals surface area contributed by atoms with Crippen molar-refractivity contribution in [1.82, 2.24) is 4.98 Å². The normalized spacial score (nSPS) is 12.4. The Kier molecular flexibility index (Phi) is 15.5. The van der Waals surface area contributed by atoms with Gasteiger partial charge in [0.05, 0.1) is 28.6 Å². The van der Waals surface area contributed by atoms with Crippen molar-refractivity contribution in [3.8, 4) is 0 Å². The first kappa shape index (κ1) is 42.0. The molecule has 4 aromatic carbocycles. The number of aromatic nitrogens is 1. The van der Waals surface area contributed by atoms with Crippen molar-refractivity contribution in [3.05, 3.63) is 145 Å². The molecule has 0 amide bonds. The number of hydrogen-bond donors (Lipinski definition) is 3. The first-order valence-corrected chi connectivity index (χ1v) is 20.1. The molecule has 0 fully saturated rings. The van der Waals surface area contributed by atoms with Crippen LogP contribution in [0.15, 0.2) is 103 Å². The van der Waals surface area contributed by atoms with Crippen LogP contribution in [0.1, 0.15) is 85.7 Å². The van der Waals surface area contributed by atoms with Gasteiger partial charge in [0, 0.05) is 19.2 Å².